The van der Waals surface area contributed by atoms with Crippen LogP contribution in [0.2, 0.25) is 0 Å². The molecular formula is C19H20N4O2S. The second-order valence-electron chi connectivity index (χ2n) is 5.62. The quantitative estimate of drug-likeness (QED) is 0.668. The zero-order valence-electron chi connectivity index (χ0n) is 14.7. The Morgan fingerprint density at radius 2 is 2.04 bits per heavy atom. The van der Waals surface area contributed by atoms with Crippen molar-refractivity contribution in [1.29, 1.82) is 0 Å². The number of hydrogen-bond donors (Lipinski definition) is 2. The molecule has 134 valence electrons. The Kier molecular flexibility index (Phi) is 5.80. The third-order valence-electron chi connectivity index (χ3n) is 3.86. The maximum atomic E-state index is 12.3. The SMILES string of the molecule is COc1ccccc1CNc1ncc(C(=O)NCc2cccs2)c(C)n1. The lowest BCUT2D eigenvalue weighted by molar-refractivity contribution is 0.0950. The van der Waals surface area contributed by atoms with Crippen LogP contribution < -0.4 is 15.4 Å². The van der Waals surface area contributed by atoms with Crippen molar-refractivity contribution < 1.29 is 9.53 Å². The van der Waals surface area contributed by atoms with Crippen LogP contribution in [0.15, 0.2) is 48.0 Å². The molecule has 2 heterocycles. The highest BCUT2D eigenvalue weighted by Crippen LogP contribution is 2.18. The number of amides is 1. The first-order chi connectivity index (χ1) is 12.7. The molecule has 6 nitrogen and oxygen atoms in total. The number of hydrogen-bond acceptors (Lipinski definition) is 6. The molecule has 0 fully saturated rings. The molecule has 0 atom stereocenters. The molecule has 3 rings (SSSR count). The molecule has 0 aliphatic carbocycles. The number of rotatable bonds is 7. The van der Waals surface area contributed by atoms with Gasteiger partial charge in [-0.15, -0.1) is 11.3 Å². The highest BCUT2D eigenvalue weighted by atomic mass is 32.1. The summed E-state index contributed by atoms with van der Waals surface area (Å²) in [5.74, 6) is 1.11. The fraction of sp³-hybridized carbons (Fsp3) is 0.211. The van der Waals surface area contributed by atoms with Gasteiger partial charge in [0.1, 0.15) is 5.75 Å². The molecule has 0 spiro atoms. The predicted molar refractivity (Wildman–Crippen MR) is 103 cm³/mol. The van der Waals surface area contributed by atoms with Gasteiger partial charge in [-0.2, -0.15) is 0 Å². The Bertz CT molecular complexity index is 881. The molecule has 0 unspecified atom stereocenters. The topological polar surface area (TPSA) is 76.1 Å². The van der Waals surface area contributed by atoms with Crippen molar-refractivity contribution in [2.75, 3.05) is 12.4 Å². The summed E-state index contributed by atoms with van der Waals surface area (Å²) in [6.45, 7) is 2.84. The summed E-state index contributed by atoms with van der Waals surface area (Å²) in [6.07, 6.45) is 1.55. The minimum Gasteiger partial charge on any atom is -0.496 e. The van der Waals surface area contributed by atoms with Crippen LogP contribution in [0.4, 0.5) is 5.95 Å². The average Bonchev–Trinajstić information content (AvgIpc) is 3.18. The van der Waals surface area contributed by atoms with Crippen LogP contribution in [0, 0.1) is 6.92 Å². The van der Waals surface area contributed by atoms with E-state index < -0.39 is 0 Å². The summed E-state index contributed by atoms with van der Waals surface area (Å²) in [6, 6.07) is 11.7. The normalized spacial score (nSPS) is 10.4. The summed E-state index contributed by atoms with van der Waals surface area (Å²) < 4.78 is 5.33. The smallest absolute Gasteiger partial charge is 0.254 e. The number of para-hydroxylation sites is 1. The Hall–Kier alpha value is -2.93. The molecular weight excluding hydrogens is 348 g/mol. The minimum atomic E-state index is -0.174. The van der Waals surface area contributed by atoms with Crippen LogP contribution in [0.25, 0.3) is 0 Å². The highest BCUT2D eigenvalue weighted by Gasteiger charge is 2.12. The second-order valence-corrected chi connectivity index (χ2v) is 6.65. The summed E-state index contributed by atoms with van der Waals surface area (Å²) >= 11 is 1.61. The lowest BCUT2D eigenvalue weighted by Gasteiger charge is -2.11. The van der Waals surface area contributed by atoms with Crippen molar-refractivity contribution in [2.24, 2.45) is 0 Å². The summed E-state index contributed by atoms with van der Waals surface area (Å²) in [4.78, 5) is 22.1. The van der Waals surface area contributed by atoms with Gasteiger partial charge in [-0.05, 0) is 24.4 Å². The molecule has 26 heavy (non-hydrogen) atoms. The number of thiophene rings is 1. The predicted octanol–water partition coefficient (Wildman–Crippen LogP) is 3.40. The number of carbonyl (C=O) groups excluding carboxylic acids is 1. The first-order valence-electron chi connectivity index (χ1n) is 8.17. The van der Waals surface area contributed by atoms with Crippen molar-refractivity contribution in [3.05, 3.63) is 69.7 Å². The van der Waals surface area contributed by atoms with E-state index in [-0.39, 0.29) is 5.91 Å². The van der Waals surface area contributed by atoms with E-state index in [1.54, 1.807) is 31.6 Å². The molecule has 0 radical (unpaired) electrons. The number of aromatic nitrogens is 2. The zero-order chi connectivity index (χ0) is 18.4. The van der Waals surface area contributed by atoms with E-state index in [0.29, 0.717) is 30.3 Å². The molecule has 2 N–H and O–H groups in total. The Labute approximate surface area is 156 Å². The molecule has 0 saturated carbocycles. The van der Waals surface area contributed by atoms with E-state index in [1.165, 1.54) is 0 Å². The van der Waals surface area contributed by atoms with Crippen molar-refractivity contribution in [3.8, 4) is 5.75 Å². The van der Waals surface area contributed by atoms with Gasteiger partial charge in [0, 0.05) is 23.2 Å². The Balaban J connectivity index is 1.62. The third kappa shape index (κ3) is 4.37. The van der Waals surface area contributed by atoms with Crippen molar-refractivity contribution in [2.45, 2.75) is 20.0 Å². The maximum absolute atomic E-state index is 12.3. The summed E-state index contributed by atoms with van der Waals surface area (Å²) in [5.41, 5.74) is 2.12. The summed E-state index contributed by atoms with van der Waals surface area (Å²) in [5, 5.41) is 8.04. The molecule has 2 aromatic heterocycles. The van der Waals surface area contributed by atoms with E-state index in [9.17, 15) is 4.79 Å². The van der Waals surface area contributed by atoms with Gasteiger partial charge in [0.15, 0.2) is 0 Å². The van der Waals surface area contributed by atoms with Gasteiger partial charge in [-0.3, -0.25) is 4.79 Å². The number of nitrogens with one attached hydrogen (secondary N) is 2. The number of aryl methyl sites for hydroxylation is 1. The number of anilines is 1. The minimum absolute atomic E-state index is 0.174. The molecule has 0 aliphatic rings. The molecule has 0 aliphatic heterocycles. The Morgan fingerprint density at radius 1 is 1.19 bits per heavy atom. The standard InChI is InChI=1S/C19H20N4O2S/c1-13-16(18(24)20-11-15-7-5-9-26-15)12-22-19(23-13)21-10-14-6-3-4-8-17(14)25-2/h3-9,12H,10-11H2,1-2H3,(H,20,24)(H,21,22,23). The van der Waals surface area contributed by atoms with Crippen molar-refractivity contribution >= 4 is 23.2 Å². The number of ether oxygens (including phenoxy) is 1. The Morgan fingerprint density at radius 3 is 2.77 bits per heavy atom. The van der Waals surface area contributed by atoms with Gasteiger partial charge in [0.25, 0.3) is 5.91 Å². The largest absolute Gasteiger partial charge is 0.496 e. The van der Waals surface area contributed by atoms with Crippen LogP contribution >= 0.6 is 11.3 Å². The van der Waals surface area contributed by atoms with Crippen LogP contribution in [-0.4, -0.2) is 23.0 Å². The molecule has 7 heteroatoms. The van der Waals surface area contributed by atoms with Gasteiger partial charge < -0.3 is 15.4 Å². The van der Waals surface area contributed by atoms with Crippen LogP contribution in [0.5, 0.6) is 5.75 Å². The number of benzene rings is 1. The van der Waals surface area contributed by atoms with E-state index in [1.807, 2.05) is 41.8 Å². The maximum Gasteiger partial charge on any atom is 0.254 e. The molecule has 1 amide bonds. The first kappa shape index (κ1) is 17.9. The van der Waals surface area contributed by atoms with Gasteiger partial charge in [-0.1, -0.05) is 24.3 Å². The van der Waals surface area contributed by atoms with Crippen LogP contribution in [0.1, 0.15) is 26.5 Å². The number of methoxy groups -OCH3 is 1. The highest BCUT2D eigenvalue weighted by molar-refractivity contribution is 7.09. The fourth-order valence-corrected chi connectivity index (χ4v) is 3.12. The van der Waals surface area contributed by atoms with Crippen molar-refractivity contribution in [3.63, 3.8) is 0 Å². The molecule has 0 bridgehead atoms. The van der Waals surface area contributed by atoms with Gasteiger partial charge in [0.05, 0.1) is 24.9 Å². The van der Waals surface area contributed by atoms with E-state index in [2.05, 4.69) is 20.6 Å². The van der Waals surface area contributed by atoms with E-state index in [0.717, 1.165) is 16.2 Å². The monoisotopic (exact) mass is 368 g/mol. The second kappa shape index (κ2) is 8.44. The van der Waals surface area contributed by atoms with Crippen LogP contribution in [-0.2, 0) is 13.1 Å². The average molecular weight is 368 g/mol. The van der Waals surface area contributed by atoms with Crippen LogP contribution in [0.3, 0.4) is 0 Å². The van der Waals surface area contributed by atoms with E-state index in [4.69, 9.17) is 4.74 Å². The zero-order valence-corrected chi connectivity index (χ0v) is 15.5. The third-order valence-corrected chi connectivity index (χ3v) is 4.73. The van der Waals surface area contributed by atoms with E-state index >= 15 is 0 Å². The van der Waals surface area contributed by atoms with Gasteiger partial charge in [0.2, 0.25) is 5.95 Å². The molecule has 3 aromatic rings. The first-order valence-corrected chi connectivity index (χ1v) is 9.05. The number of carbonyl (C=O) groups is 1. The lowest BCUT2D eigenvalue weighted by atomic mass is 10.2. The summed E-state index contributed by atoms with van der Waals surface area (Å²) in [7, 11) is 1.64. The van der Waals surface area contributed by atoms with Gasteiger partial charge >= 0.3 is 0 Å². The fourth-order valence-electron chi connectivity index (χ4n) is 2.47. The molecule has 0 saturated heterocycles. The number of nitrogens with zero attached hydrogens (tertiary/aromatic N) is 2. The van der Waals surface area contributed by atoms with Crippen molar-refractivity contribution in [1.82, 2.24) is 15.3 Å². The lowest BCUT2D eigenvalue weighted by Crippen LogP contribution is -2.24. The van der Waals surface area contributed by atoms with Gasteiger partial charge in [-0.25, -0.2) is 9.97 Å². The molecule has 1 aromatic carbocycles.